The van der Waals surface area contributed by atoms with Crippen LogP contribution in [0.3, 0.4) is 0 Å². The van der Waals surface area contributed by atoms with Crippen LogP contribution in [0, 0.1) is 5.82 Å². The lowest BCUT2D eigenvalue weighted by atomic mass is 9.94. The van der Waals surface area contributed by atoms with Gasteiger partial charge in [-0.25, -0.2) is 4.39 Å². The first-order chi connectivity index (χ1) is 7.15. The molecule has 0 aliphatic heterocycles. The van der Waals surface area contributed by atoms with Crippen molar-refractivity contribution in [2.75, 3.05) is 0 Å². The Morgan fingerprint density at radius 3 is 2.80 bits per heavy atom. The van der Waals surface area contributed by atoms with Crippen molar-refractivity contribution in [1.29, 1.82) is 0 Å². The van der Waals surface area contributed by atoms with Gasteiger partial charge in [0.25, 0.3) is 0 Å². The molecule has 0 spiro atoms. The summed E-state index contributed by atoms with van der Waals surface area (Å²) in [6.45, 7) is 0. The number of aliphatic carboxylic acids is 1. The smallest absolute Gasteiger partial charge is 0.310 e. The fourth-order valence-corrected chi connectivity index (χ4v) is 1.39. The molecule has 0 aromatic heterocycles. The van der Waals surface area contributed by atoms with Crippen LogP contribution in [0.25, 0.3) is 0 Å². The zero-order chi connectivity index (χ0) is 11.3. The molecule has 0 aliphatic carbocycles. The molecule has 1 unspecified atom stereocenters. The number of carbonyl (C=O) groups is 2. The Bertz CT molecular complexity index is 363. The maximum absolute atomic E-state index is 12.9. The average molecular weight is 210 g/mol. The number of hydrogen-bond acceptors (Lipinski definition) is 2. The molecule has 1 N–H and O–H groups in total. The lowest BCUT2D eigenvalue weighted by molar-refractivity contribution is -0.139. The van der Waals surface area contributed by atoms with E-state index in [2.05, 4.69) is 0 Å². The molecule has 0 saturated heterocycles. The fraction of sp³-hybridized carbons (Fsp3) is 0.273. The van der Waals surface area contributed by atoms with Crippen LogP contribution in [0.15, 0.2) is 24.3 Å². The van der Waals surface area contributed by atoms with Gasteiger partial charge in [-0.15, -0.1) is 0 Å². The first kappa shape index (κ1) is 11.4. The van der Waals surface area contributed by atoms with E-state index in [0.29, 0.717) is 11.8 Å². The second kappa shape index (κ2) is 5.24. The van der Waals surface area contributed by atoms with Crippen molar-refractivity contribution in [3.63, 3.8) is 0 Å². The first-order valence-corrected chi connectivity index (χ1v) is 4.57. The summed E-state index contributed by atoms with van der Waals surface area (Å²) in [4.78, 5) is 21.0. The summed E-state index contributed by atoms with van der Waals surface area (Å²) in [6.07, 6.45) is 1.02. The quantitative estimate of drug-likeness (QED) is 0.756. The summed E-state index contributed by atoms with van der Waals surface area (Å²) >= 11 is 0. The highest BCUT2D eigenvalue weighted by molar-refractivity contribution is 5.76. The summed E-state index contributed by atoms with van der Waals surface area (Å²) in [5, 5.41) is 8.91. The summed E-state index contributed by atoms with van der Waals surface area (Å²) in [5.74, 6) is -2.32. The highest BCUT2D eigenvalue weighted by atomic mass is 19.1. The predicted molar refractivity (Wildman–Crippen MR) is 52.1 cm³/mol. The maximum atomic E-state index is 12.9. The van der Waals surface area contributed by atoms with Crippen LogP contribution in [0.2, 0.25) is 0 Å². The van der Waals surface area contributed by atoms with Crippen LogP contribution in [-0.4, -0.2) is 17.4 Å². The molecule has 1 aromatic rings. The molecular formula is C11H11FO3. The Balaban J connectivity index is 2.88. The second-order valence-corrected chi connectivity index (χ2v) is 3.19. The minimum absolute atomic E-state index is 0.160. The Hall–Kier alpha value is -1.71. The number of carboxylic acid groups (broad SMARTS) is 1. The van der Waals surface area contributed by atoms with Gasteiger partial charge in [0.15, 0.2) is 0 Å². The van der Waals surface area contributed by atoms with Gasteiger partial charge in [0.2, 0.25) is 0 Å². The van der Waals surface area contributed by atoms with Crippen LogP contribution in [0.1, 0.15) is 24.3 Å². The fourth-order valence-electron chi connectivity index (χ4n) is 1.39. The van der Waals surface area contributed by atoms with Gasteiger partial charge in [0.1, 0.15) is 12.1 Å². The van der Waals surface area contributed by atoms with Gasteiger partial charge in [-0.3, -0.25) is 4.79 Å². The lowest BCUT2D eigenvalue weighted by Gasteiger charge is -2.10. The Morgan fingerprint density at radius 2 is 2.27 bits per heavy atom. The summed E-state index contributed by atoms with van der Waals surface area (Å²) < 4.78 is 12.9. The zero-order valence-electron chi connectivity index (χ0n) is 8.02. The minimum Gasteiger partial charge on any atom is -0.481 e. The van der Waals surface area contributed by atoms with Crippen molar-refractivity contribution < 1.29 is 19.1 Å². The topological polar surface area (TPSA) is 54.4 Å². The van der Waals surface area contributed by atoms with E-state index in [9.17, 15) is 14.0 Å². The molecule has 0 aliphatic rings. The van der Waals surface area contributed by atoms with Crippen LogP contribution in [0.5, 0.6) is 0 Å². The molecule has 3 nitrogen and oxygen atoms in total. The third kappa shape index (κ3) is 3.16. The molecule has 0 saturated carbocycles. The molecule has 1 rings (SSSR count). The normalized spacial score (nSPS) is 12.1. The van der Waals surface area contributed by atoms with E-state index in [4.69, 9.17) is 5.11 Å². The standard InChI is InChI=1S/C11H11FO3/c12-9-4-1-3-8(7-9)10(11(14)15)5-2-6-13/h1,3-4,6-7,10H,2,5H2,(H,14,15). The Morgan fingerprint density at radius 1 is 1.53 bits per heavy atom. The maximum Gasteiger partial charge on any atom is 0.310 e. The monoisotopic (exact) mass is 210 g/mol. The first-order valence-electron chi connectivity index (χ1n) is 4.57. The molecule has 0 radical (unpaired) electrons. The number of aldehydes is 1. The Kier molecular flexibility index (Phi) is 3.97. The van der Waals surface area contributed by atoms with Crippen LogP contribution in [0.4, 0.5) is 4.39 Å². The average Bonchev–Trinajstić information content (AvgIpc) is 2.18. The van der Waals surface area contributed by atoms with Crippen LogP contribution < -0.4 is 0 Å². The molecule has 80 valence electrons. The molecule has 4 heteroatoms. The minimum atomic E-state index is -1.04. The molecule has 1 atom stereocenters. The van der Waals surface area contributed by atoms with Gasteiger partial charge < -0.3 is 9.90 Å². The number of hydrogen-bond donors (Lipinski definition) is 1. The molecule has 0 fully saturated rings. The largest absolute Gasteiger partial charge is 0.481 e. The Labute approximate surface area is 86.5 Å². The van der Waals surface area contributed by atoms with Gasteiger partial charge >= 0.3 is 5.97 Å². The molecule has 0 amide bonds. The molecule has 1 aromatic carbocycles. The van der Waals surface area contributed by atoms with Crippen molar-refractivity contribution in [1.82, 2.24) is 0 Å². The lowest BCUT2D eigenvalue weighted by Crippen LogP contribution is -2.12. The number of halogens is 1. The van der Waals surface area contributed by atoms with E-state index in [-0.39, 0.29) is 12.8 Å². The van der Waals surface area contributed by atoms with Crippen molar-refractivity contribution in [2.24, 2.45) is 0 Å². The third-order valence-electron chi connectivity index (χ3n) is 2.12. The summed E-state index contributed by atoms with van der Waals surface area (Å²) in [7, 11) is 0. The summed E-state index contributed by atoms with van der Waals surface area (Å²) in [6, 6.07) is 5.44. The molecule has 15 heavy (non-hydrogen) atoms. The van der Waals surface area contributed by atoms with Crippen molar-refractivity contribution in [3.05, 3.63) is 35.6 Å². The van der Waals surface area contributed by atoms with Gasteiger partial charge in [0.05, 0.1) is 5.92 Å². The van der Waals surface area contributed by atoms with Gasteiger partial charge in [-0.1, -0.05) is 12.1 Å². The SMILES string of the molecule is O=CCCC(C(=O)O)c1cccc(F)c1. The predicted octanol–water partition coefficient (Wildman–Crippen LogP) is 1.97. The van der Waals surface area contributed by atoms with Gasteiger partial charge in [-0.2, -0.15) is 0 Å². The molecule has 0 bridgehead atoms. The van der Waals surface area contributed by atoms with Crippen LogP contribution >= 0.6 is 0 Å². The van der Waals surface area contributed by atoms with E-state index in [1.807, 2.05) is 0 Å². The van der Waals surface area contributed by atoms with Crippen molar-refractivity contribution >= 4 is 12.3 Å². The summed E-state index contributed by atoms with van der Waals surface area (Å²) in [5.41, 5.74) is 0.393. The van der Waals surface area contributed by atoms with Gasteiger partial charge in [-0.05, 0) is 24.1 Å². The second-order valence-electron chi connectivity index (χ2n) is 3.19. The van der Waals surface area contributed by atoms with E-state index >= 15 is 0 Å². The van der Waals surface area contributed by atoms with Crippen molar-refractivity contribution in [3.8, 4) is 0 Å². The van der Waals surface area contributed by atoms with Crippen LogP contribution in [-0.2, 0) is 9.59 Å². The number of carboxylic acids is 1. The van der Waals surface area contributed by atoms with E-state index in [1.165, 1.54) is 18.2 Å². The van der Waals surface area contributed by atoms with Crippen molar-refractivity contribution in [2.45, 2.75) is 18.8 Å². The molecular weight excluding hydrogens is 199 g/mol. The number of rotatable bonds is 5. The zero-order valence-corrected chi connectivity index (χ0v) is 8.02. The van der Waals surface area contributed by atoms with Gasteiger partial charge in [0, 0.05) is 6.42 Å². The number of carbonyl (C=O) groups excluding carboxylic acids is 1. The van der Waals surface area contributed by atoms with E-state index in [1.54, 1.807) is 6.07 Å². The third-order valence-corrected chi connectivity index (χ3v) is 2.12. The number of benzene rings is 1. The van der Waals surface area contributed by atoms with E-state index < -0.39 is 17.7 Å². The highest BCUT2D eigenvalue weighted by Crippen LogP contribution is 2.21. The highest BCUT2D eigenvalue weighted by Gasteiger charge is 2.19. The van der Waals surface area contributed by atoms with E-state index in [0.717, 1.165) is 0 Å². The molecule has 0 heterocycles.